The van der Waals surface area contributed by atoms with Crippen LogP contribution in [0.4, 0.5) is 17.6 Å². The molecular weight excluding hydrogens is 354 g/mol. The number of fused-ring (bicyclic) bond motifs is 1. The summed E-state index contributed by atoms with van der Waals surface area (Å²) in [6.45, 7) is 3.58. The number of ether oxygens (including phenoxy) is 1. The quantitative estimate of drug-likeness (QED) is 0.551. The van der Waals surface area contributed by atoms with Crippen molar-refractivity contribution in [1.82, 2.24) is 0 Å². The second-order valence-electron chi connectivity index (χ2n) is 6.05. The van der Waals surface area contributed by atoms with Crippen LogP contribution in [0.5, 0.6) is 17.2 Å². The van der Waals surface area contributed by atoms with E-state index in [1.807, 2.05) is 0 Å². The van der Waals surface area contributed by atoms with E-state index in [2.05, 4.69) is 6.58 Å². The number of phenols is 2. The number of rotatable bonds is 2. The molecule has 1 aliphatic rings. The van der Waals surface area contributed by atoms with E-state index in [1.165, 1.54) is 6.07 Å². The van der Waals surface area contributed by atoms with Gasteiger partial charge in [0.15, 0.2) is 11.5 Å². The number of nitrogens with two attached hydrogens (primary N) is 1. The number of hydrogen-bond acceptors (Lipinski definition) is 4. The molecule has 0 aromatic heterocycles. The van der Waals surface area contributed by atoms with Gasteiger partial charge in [-0.2, -0.15) is 13.2 Å². The third kappa shape index (κ3) is 3.14. The zero-order valence-electron chi connectivity index (χ0n) is 13.4. The third-order valence-corrected chi connectivity index (χ3v) is 4.19. The number of halogens is 4. The Kier molecular flexibility index (Phi) is 4.21. The molecule has 0 unspecified atom stereocenters. The highest BCUT2D eigenvalue weighted by atomic mass is 19.4. The second-order valence-corrected chi connectivity index (χ2v) is 6.05. The van der Waals surface area contributed by atoms with Gasteiger partial charge in [-0.1, -0.05) is 6.58 Å². The topological polar surface area (TPSA) is 75.7 Å². The molecule has 3 rings (SSSR count). The Labute approximate surface area is 146 Å². The average molecular weight is 369 g/mol. The van der Waals surface area contributed by atoms with Crippen molar-refractivity contribution in [3.8, 4) is 28.4 Å². The van der Waals surface area contributed by atoms with Crippen molar-refractivity contribution in [3.63, 3.8) is 0 Å². The Bertz CT molecular complexity index is 893. The number of aromatic hydroxyl groups is 2. The van der Waals surface area contributed by atoms with Crippen LogP contribution in [0.2, 0.25) is 0 Å². The summed E-state index contributed by atoms with van der Waals surface area (Å²) < 4.78 is 59.9. The molecule has 0 saturated heterocycles. The molecular formula is C18H15F4NO3. The first-order valence-corrected chi connectivity index (χ1v) is 7.65. The fourth-order valence-electron chi connectivity index (χ4n) is 2.96. The molecule has 1 aliphatic heterocycles. The molecule has 26 heavy (non-hydrogen) atoms. The van der Waals surface area contributed by atoms with Crippen molar-refractivity contribution in [3.05, 3.63) is 53.5 Å². The van der Waals surface area contributed by atoms with E-state index in [0.717, 1.165) is 12.1 Å². The Morgan fingerprint density at radius 1 is 1.12 bits per heavy atom. The monoisotopic (exact) mass is 369 g/mol. The van der Waals surface area contributed by atoms with E-state index >= 15 is 0 Å². The van der Waals surface area contributed by atoms with Gasteiger partial charge in [-0.3, -0.25) is 0 Å². The van der Waals surface area contributed by atoms with Crippen molar-refractivity contribution in [2.45, 2.75) is 25.1 Å². The normalized spacial score (nSPS) is 16.7. The number of phenolic OH excluding ortho intramolecular Hbond substituents is 2. The Hall–Kier alpha value is -2.90. The van der Waals surface area contributed by atoms with Gasteiger partial charge in [0.05, 0.1) is 5.56 Å². The second kappa shape index (κ2) is 6.12. The molecule has 0 saturated carbocycles. The minimum absolute atomic E-state index is 0.0461. The minimum Gasteiger partial charge on any atom is -0.504 e. The van der Waals surface area contributed by atoms with Crippen molar-refractivity contribution < 1.29 is 32.5 Å². The van der Waals surface area contributed by atoms with E-state index in [1.54, 1.807) is 0 Å². The lowest BCUT2D eigenvalue weighted by Crippen LogP contribution is -2.28. The molecule has 0 amide bonds. The summed E-state index contributed by atoms with van der Waals surface area (Å²) in [6, 6.07) is 3.20. The van der Waals surface area contributed by atoms with Crippen molar-refractivity contribution in [1.29, 1.82) is 0 Å². The van der Waals surface area contributed by atoms with Crippen LogP contribution in [-0.4, -0.2) is 16.3 Å². The molecule has 8 heteroatoms. The van der Waals surface area contributed by atoms with E-state index in [0.29, 0.717) is 24.5 Å². The third-order valence-electron chi connectivity index (χ3n) is 4.19. The zero-order chi connectivity index (χ0) is 19.2. The van der Waals surface area contributed by atoms with Crippen LogP contribution in [0.15, 0.2) is 36.5 Å². The standard InChI is InChI=1S/C18H15F4NO3/c1-8(23)16-3-2-9-4-10(19)5-12(17(9)26-16)11-6-14(24)15(25)7-13(11)18(20,21)22/h4-7,16,24-25H,1-3,23H2/t16-/m1/s1. The molecule has 138 valence electrons. The van der Waals surface area contributed by atoms with Gasteiger partial charge < -0.3 is 20.7 Å². The Morgan fingerprint density at radius 3 is 2.38 bits per heavy atom. The highest BCUT2D eigenvalue weighted by Gasteiger charge is 2.36. The lowest BCUT2D eigenvalue weighted by Gasteiger charge is -2.28. The predicted octanol–water partition coefficient (Wildman–Crippen LogP) is 4.09. The summed E-state index contributed by atoms with van der Waals surface area (Å²) in [4.78, 5) is 0. The van der Waals surface area contributed by atoms with Gasteiger partial charge in [0.25, 0.3) is 0 Å². The summed E-state index contributed by atoms with van der Waals surface area (Å²) in [5.41, 5.74) is 4.31. The first-order valence-electron chi connectivity index (χ1n) is 7.65. The van der Waals surface area contributed by atoms with Crippen molar-refractivity contribution in [2.75, 3.05) is 0 Å². The molecule has 0 bridgehead atoms. The Balaban J connectivity index is 2.27. The summed E-state index contributed by atoms with van der Waals surface area (Å²) >= 11 is 0. The Morgan fingerprint density at radius 2 is 1.77 bits per heavy atom. The summed E-state index contributed by atoms with van der Waals surface area (Å²) in [5, 5.41) is 19.1. The highest BCUT2D eigenvalue weighted by molar-refractivity contribution is 5.78. The van der Waals surface area contributed by atoms with E-state index in [4.69, 9.17) is 10.5 Å². The number of benzene rings is 2. The van der Waals surface area contributed by atoms with Crippen LogP contribution in [0.25, 0.3) is 11.1 Å². The van der Waals surface area contributed by atoms with Gasteiger partial charge in [-0.05, 0) is 42.7 Å². The molecule has 4 N–H and O–H groups in total. The highest BCUT2D eigenvalue weighted by Crippen LogP contribution is 2.47. The minimum atomic E-state index is -4.84. The molecule has 1 atom stereocenters. The first-order chi connectivity index (χ1) is 12.1. The lowest BCUT2D eigenvalue weighted by atomic mass is 9.92. The molecule has 0 radical (unpaired) electrons. The maximum atomic E-state index is 14.0. The van der Waals surface area contributed by atoms with Crippen LogP contribution in [0, 0.1) is 5.82 Å². The summed E-state index contributed by atoms with van der Waals surface area (Å²) in [5.74, 6) is -2.39. The largest absolute Gasteiger partial charge is 0.504 e. The van der Waals surface area contributed by atoms with Crippen molar-refractivity contribution in [2.24, 2.45) is 5.73 Å². The number of aryl methyl sites for hydroxylation is 1. The van der Waals surface area contributed by atoms with Crippen LogP contribution in [0.1, 0.15) is 17.5 Å². The number of alkyl halides is 3. The molecule has 0 spiro atoms. The zero-order valence-corrected chi connectivity index (χ0v) is 13.4. The van der Waals surface area contributed by atoms with Crippen LogP contribution in [-0.2, 0) is 12.6 Å². The maximum absolute atomic E-state index is 14.0. The van der Waals surface area contributed by atoms with Gasteiger partial charge in [0.1, 0.15) is 17.7 Å². The molecule has 0 fully saturated rings. The smallest absolute Gasteiger partial charge is 0.417 e. The lowest BCUT2D eigenvalue weighted by molar-refractivity contribution is -0.137. The average Bonchev–Trinajstić information content (AvgIpc) is 2.54. The first kappa shape index (κ1) is 17.9. The van der Waals surface area contributed by atoms with Gasteiger partial charge in [-0.15, -0.1) is 0 Å². The van der Waals surface area contributed by atoms with E-state index in [-0.39, 0.29) is 17.0 Å². The van der Waals surface area contributed by atoms with Gasteiger partial charge >= 0.3 is 6.18 Å². The predicted molar refractivity (Wildman–Crippen MR) is 86.2 cm³/mol. The van der Waals surface area contributed by atoms with Crippen LogP contribution in [0.3, 0.4) is 0 Å². The molecule has 1 heterocycles. The molecule has 4 nitrogen and oxygen atoms in total. The van der Waals surface area contributed by atoms with Crippen LogP contribution >= 0.6 is 0 Å². The van der Waals surface area contributed by atoms with E-state index in [9.17, 15) is 27.8 Å². The fraction of sp³-hybridized carbons (Fsp3) is 0.222. The number of hydrogen-bond donors (Lipinski definition) is 3. The molecule has 0 aliphatic carbocycles. The van der Waals surface area contributed by atoms with Gasteiger partial charge in [-0.25, -0.2) is 4.39 Å². The summed E-state index contributed by atoms with van der Waals surface area (Å²) in [6.07, 6.45) is -4.71. The molecule has 2 aromatic rings. The van der Waals surface area contributed by atoms with E-state index < -0.39 is 40.7 Å². The SMILES string of the molecule is C=C(N)[C@H]1CCc2cc(F)cc(-c3cc(O)c(O)cc3C(F)(F)F)c2O1. The molecule has 2 aromatic carbocycles. The van der Waals surface area contributed by atoms with Crippen molar-refractivity contribution >= 4 is 0 Å². The van der Waals surface area contributed by atoms with Gasteiger partial charge in [0.2, 0.25) is 0 Å². The fourth-order valence-corrected chi connectivity index (χ4v) is 2.96. The van der Waals surface area contributed by atoms with Crippen LogP contribution < -0.4 is 10.5 Å². The maximum Gasteiger partial charge on any atom is 0.417 e. The summed E-state index contributed by atoms with van der Waals surface area (Å²) in [7, 11) is 0. The van der Waals surface area contributed by atoms with Gasteiger partial charge in [0, 0.05) is 16.8 Å².